The molecule has 0 aliphatic carbocycles. The lowest BCUT2D eigenvalue weighted by molar-refractivity contribution is 0.460. The Balaban J connectivity index is 2.03. The number of rotatable bonds is 3. The van der Waals surface area contributed by atoms with Crippen molar-refractivity contribution < 1.29 is 0 Å². The topological polar surface area (TPSA) is 38.0 Å². The summed E-state index contributed by atoms with van der Waals surface area (Å²) in [5, 5.41) is 3.40. The molecule has 1 aromatic carbocycles. The summed E-state index contributed by atoms with van der Waals surface area (Å²) in [5.74, 6) is 0.744. The molecule has 1 aliphatic rings. The third-order valence-electron chi connectivity index (χ3n) is 3.19. The fourth-order valence-corrected chi connectivity index (χ4v) is 2.24. The smallest absolute Gasteiger partial charge is 0.0110 e. The van der Waals surface area contributed by atoms with E-state index in [1.807, 2.05) is 6.08 Å². The van der Waals surface area contributed by atoms with Crippen LogP contribution in [0.25, 0.3) is 6.08 Å². The van der Waals surface area contributed by atoms with Gasteiger partial charge in [-0.2, -0.15) is 0 Å². The first-order valence-corrected chi connectivity index (χ1v) is 6.07. The van der Waals surface area contributed by atoms with Crippen molar-refractivity contribution in [1.82, 2.24) is 5.32 Å². The zero-order valence-electron chi connectivity index (χ0n) is 9.65. The molecule has 0 unspecified atom stereocenters. The van der Waals surface area contributed by atoms with E-state index in [2.05, 4.69) is 35.7 Å². The standard InChI is InChI=1S/C14H20N2/c15-9-1-2-12-3-5-13(6-4-12)14-7-10-16-11-8-14/h1-6,14,16H,7-11,15H2. The number of benzene rings is 1. The zero-order chi connectivity index (χ0) is 11.2. The van der Waals surface area contributed by atoms with Crippen molar-refractivity contribution in [3.05, 3.63) is 41.5 Å². The maximum Gasteiger partial charge on any atom is 0.0110 e. The Morgan fingerprint density at radius 1 is 1.19 bits per heavy atom. The number of hydrogen-bond donors (Lipinski definition) is 2. The minimum Gasteiger partial charge on any atom is -0.327 e. The largest absolute Gasteiger partial charge is 0.327 e. The van der Waals surface area contributed by atoms with E-state index >= 15 is 0 Å². The van der Waals surface area contributed by atoms with Crippen LogP contribution in [-0.2, 0) is 0 Å². The summed E-state index contributed by atoms with van der Waals surface area (Å²) in [6, 6.07) is 8.88. The van der Waals surface area contributed by atoms with Crippen molar-refractivity contribution in [3.63, 3.8) is 0 Å². The summed E-state index contributed by atoms with van der Waals surface area (Å²) in [6.45, 7) is 2.91. The summed E-state index contributed by atoms with van der Waals surface area (Å²) in [5.41, 5.74) is 8.15. The average molecular weight is 216 g/mol. The molecule has 0 aromatic heterocycles. The Morgan fingerprint density at radius 3 is 2.50 bits per heavy atom. The van der Waals surface area contributed by atoms with Crippen LogP contribution in [0, 0.1) is 0 Å². The number of hydrogen-bond acceptors (Lipinski definition) is 2. The Bertz CT molecular complexity index is 334. The van der Waals surface area contributed by atoms with E-state index in [0.717, 1.165) is 19.0 Å². The monoisotopic (exact) mass is 216 g/mol. The molecule has 2 nitrogen and oxygen atoms in total. The van der Waals surface area contributed by atoms with Gasteiger partial charge >= 0.3 is 0 Å². The van der Waals surface area contributed by atoms with Crippen LogP contribution in [0.3, 0.4) is 0 Å². The molecule has 0 bridgehead atoms. The van der Waals surface area contributed by atoms with Gasteiger partial charge in [-0.1, -0.05) is 36.4 Å². The lowest BCUT2D eigenvalue weighted by atomic mass is 9.90. The highest BCUT2D eigenvalue weighted by Gasteiger charge is 2.14. The van der Waals surface area contributed by atoms with E-state index in [0.29, 0.717) is 6.54 Å². The average Bonchev–Trinajstić information content (AvgIpc) is 2.38. The van der Waals surface area contributed by atoms with Gasteiger partial charge in [-0.05, 0) is 43.0 Å². The molecule has 1 fully saturated rings. The van der Waals surface area contributed by atoms with Crippen LogP contribution in [0.5, 0.6) is 0 Å². The van der Waals surface area contributed by atoms with Crippen molar-refractivity contribution >= 4 is 6.08 Å². The van der Waals surface area contributed by atoms with Crippen LogP contribution in [0.4, 0.5) is 0 Å². The molecule has 0 radical (unpaired) electrons. The molecule has 0 saturated carbocycles. The predicted octanol–water partition coefficient (Wildman–Crippen LogP) is 2.13. The summed E-state index contributed by atoms with van der Waals surface area (Å²) in [4.78, 5) is 0. The van der Waals surface area contributed by atoms with E-state index < -0.39 is 0 Å². The summed E-state index contributed by atoms with van der Waals surface area (Å²) >= 11 is 0. The normalized spacial score (nSPS) is 18.1. The third-order valence-corrected chi connectivity index (χ3v) is 3.19. The SMILES string of the molecule is NCC=Cc1ccc(C2CCNCC2)cc1. The quantitative estimate of drug-likeness (QED) is 0.812. The Hall–Kier alpha value is -1.12. The van der Waals surface area contributed by atoms with Gasteiger partial charge in [0.25, 0.3) is 0 Å². The van der Waals surface area contributed by atoms with Gasteiger partial charge in [0, 0.05) is 6.54 Å². The first-order valence-electron chi connectivity index (χ1n) is 6.07. The minimum atomic E-state index is 0.607. The van der Waals surface area contributed by atoms with Gasteiger partial charge in [0.15, 0.2) is 0 Å². The fourth-order valence-electron chi connectivity index (χ4n) is 2.24. The predicted molar refractivity (Wildman–Crippen MR) is 69.4 cm³/mol. The van der Waals surface area contributed by atoms with Crippen molar-refractivity contribution in [2.24, 2.45) is 5.73 Å². The van der Waals surface area contributed by atoms with Crippen LogP contribution >= 0.6 is 0 Å². The second-order valence-electron chi connectivity index (χ2n) is 4.33. The van der Waals surface area contributed by atoms with E-state index in [-0.39, 0.29) is 0 Å². The second-order valence-corrected chi connectivity index (χ2v) is 4.33. The number of nitrogens with one attached hydrogen (secondary N) is 1. The van der Waals surface area contributed by atoms with E-state index in [4.69, 9.17) is 5.73 Å². The van der Waals surface area contributed by atoms with Crippen molar-refractivity contribution in [1.29, 1.82) is 0 Å². The molecular weight excluding hydrogens is 196 g/mol. The number of nitrogens with two attached hydrogens (primary N) is 1. The highest BCUT2D eigenvalue weighted by Crippen LogP contribution is 2.25. The summed E-state index contributed by atoms with van der Waals surface area (Å²) < 4.78 is 0. The highest BCUT2D eigenvalue weighted by molar-refractivity contribution is 5.50. The van der Waals surface area contributed by atoms with Gasteiger partial charge in [-0.3, -0.25) is 0 Å². The Kier molecular flexibility index (Phi) is 4.14. The van der Waals surface area contributed by atoms with Crippen LogP contribution in [-0.4, -0.2) is 19.6 Å². The van der Waals surface area contributed by atoms with E-state index in [9.17, 15) is 0 Å². The second kappa shape index (κ2) is 5.83. The first-order chi connectivity index (χ1) is 7.90. The van der Waals surface area contributed by atoms with Crippen LogP contribution < -0.4 is 11.1 Å². The number of piperidine rings is 1. The molecule has 1 heterocycles. The molecule has 2 rings (SSSR count). The van der Waals surface area contributed by atoms with Crippen molar-refractivity contribution in [2.45, 2.75) is 18.8 Å². The molecule has 0 atom stereocenters. The molecule has 86 valence electrons. The van der Waals surface area contributed by atoms with Crippen molar-refractivity contribution in [3.8, 4) is 0 Å². The van der Waals surface area contributed by atoms with Gasteiger partial charge in [-0.25, -0.2) is 0 Å². The van der Waals surface area contributed by atoms with Crippen LogP contribution in [0.15, 0.2) is 30.3 Å². The Morgan fingerprint density at radius 2 is 1.88 bits per heavy atom. The van der Waals surface area contributed by atoms with Gasteiger partial charge in [0.1, 0.15) is 0 Å². The first kappa shape index (κ1) is 11.4. The maximum atomic E-state index is 5.43. The Labute approximate surface area is 97.5 Å². The lowest BCUT2D eigenvalue weighted by Crippen LogP contribution is -2.26. The molecule has 1 aromatic rings. The van der Waals surface area contributed by atoms with E-state index in [1.54, 1.807) is 0 Å². The molecule has 1 aliphatic heterocycles. The van der Waals surface area contributed by atoms with Crippen LogP contribution in [0.1, 0.15) is 29.9 Å². The molecule has 3 N–H and O–H groups in total. The van der Waals surface area contributed by atoms with Gasteiger partial charge in [0.2, 0.25) is 0 Å². The lowest BCUT2D eigenvalue weighted by Gasteiger charge is -2.22. The minimum absolute atomic E-state index is 0.607. The molecular formula is C14H20N2. The summed E-state index contributed by atoms with van der Waals surface area (Å²) in [6.07, 6.45) is 6.59. The molecule has 1 saturated heterocycles. The van der Waals surface area contributed by atoms with E-state index in [1.165, 1.54) is 24.0 Å². The van der Waals surface area contributed by atoms with Crippen molar-refractivity contribution in [2.75, 3.05) is 19.6 Å². The van der Waals surface area contributed by atoms with Crippen LogP contribution in [0.2, 0.25) is 0 Å². The molecule has 0 amide bonds. The highest BCUT2D eigenvalue weighted by atomic mass is 14.9. The molecule has 0 spiro atoms. The maximum absolute atomic E-state index is 5.43. The van der Waals surface area contributed by atoms with Gasteiger partial charge in [-0.15, -0.1) is 0 Å². The third kappa shape index (κ3) is 2.94. The van der Waals surface area contributed by atoms with Gasteiger partial charge < -0.3 is 11.1 Å². The fraction of sp³-hybridized carbons (Fsp3) is 0.429. The molecule has 2 heteroatoms. The van der Waals surface area contributed by atoms with Gasteiger partial charge in [0.05, 0.1) is 0 Å². The zero-order valence-corrected chi connectivity index (χ0v) is 9.65. The summed E-state index contributed by atoms with van der Waals surface area (Å²) in [7, 11) is 0. The molecule has 16 heavy (non-hydrogen) atoms.